The van der Waals surface area contributed by atoms with Crippen LogP contribution in [0.3, 0.4) is 0 Å². The molecule has 0 spiro atoms. The van der Waals surface area contributed by atoms with Crippen molar-refractivity contribution in [2.24, 2.45) is 0 Å². The number of likely N-dealkylation sites (tertiary alicyclic amines) is 1. The molecule has 1 aliphatic heterocycles. The normalized spacial score (nSPS) is 17.6. The van der Waals surface area contributed by atoms with Gasteiger partial charge in [0, 0.05) is 12.7 Å². The molecule has 34 heavy (non-hydrogen) atoms. The van der Waals surface area contributed by atoms with Gasteiger partial charge >= 0.3 is 0 Å². The Hall–Kier alpha value is -4.19. The number of fused-ring (bicyclic) bond motifs is 1. The van der Waals surface area contributed by atoms with Crippen LogP contribution in [0.4, 0.5) is 0 Å². The van der Waals surface area contributed by atoms with Crippen molar-refractivity contribution in [3.63, 3.8) is 0 Å². The van der Waals surface area contributed by atoms with Gasteiger partial charge in [0.1, 0.15) is 11.3 Å². The van der Waals surface area contributed by atoms with Gasteiger partial charge in [0.2, 0.25) is 0 Å². The molecule has 170 valence electrons. The van der Waals surface area contributed by atoms with Crippen molar-refractivity contribution in [3.8, 4) is 0 Å². The number of pyridine rings is 1. The second kappa shape index (κ2) is 8.63. The third-order valence-corrected chi connectivity index (χ3v) is 6.37. The van der Waals surface area contributed by atoms with Crippen LogP contribution in [0.5, 0.6) is 0 Å². The minimum absolute atomic E-state index is 0.0823. The zero-order valence-corrected chi connectivity index (χ0v) is 19.1. The van der Waals surface area contributed by atoms with Crippen LogP contribution in [0.2, 0.25) is 0 Å². The summed E-state index contributed by atoms with van der Waals surface area (Å²) in [5, 5.41) is 11.5. The Kier molecular flexibility index (Phi) is 5.49. The summed E-state index contributed by atoms with van der Waals surface area (Å²) in [5.74, 6) is -1.53. The Morgan fingerprint density at radius 3 is 2.35 bits per heavy atom. The molecule has 1 aliphatic rings. The predicted octanol–water partition coefficient (Wildman–Crippen LogP) is 4.83. The first kappa shape index (κ1) is 21.6. The topological polar surface area (TPSA) is 74.9 Å². The van der Waals surface area contributed by atoms with Crippen molar-refractivity contribution < 1.29 is 14.7 Å². The third kappa shape index (κ3) is 3.57. The first-order chi connectivity index (χ1) is 16.5. The molecular formula is C28H25N3O3. The number of amides is 1. The number of Topliss-reactive ketones (excluding diaryl/α,β-unsaturated/α-hetero) is 1. The Balaban J connectivity index is 1.71. The molecule has 0 aliphatic carbocycles. The number of aliphatic hydroxyl groups is 1. The van der Waals surface area contributed by atoms with Crippen molar-refractivity contribution in [3.05, 3.63) is 113 Å². The zero-order valence-electron chi connectivity index (χ0n) is 19.1. The van der Waals surface area contributed by atoms with E-state index in [4.69, 9.17) is 0 Å². The molecule has 1 N–H and O–H groups in total. The summed E-state index contributed by atoms with van der Waals surface area (Å²) >= 11 is 0. The van der Waals surface area contributed by atoms with Crippen LogP contribution < -0.4 is 0 Å². The standard InChI is InChI=1S/C28H25N3O3/c1-3-19-12-14-21(15-13-19)25-23(26(32)24-18(2)29-22-11-7-8-16-30(22)24)27(33)28(34)31(25)17-20-9-5-4-6-10-20/h4-16,25,32H,3,17H2,1-2H3. The molecule has 0 bridgehead atoms. The monoisotopic (exact) mass is 451 g/mol. The highest BCUT2D eigenvalue weighted by Gasteiger charge is 2.46. The van der Waals surface area contributed by atoms with Gasteiger partial charge in [-0.15, -0.1) is 0 Å². The van der Waals surface area contributed by atoms with Gasteiger partial charge in [-0.3, -0.25) is 14.0 Å². The molecule has 1 unspecified atom stereocenters. The Labute approximate surface area is 197 Å². The van der Waals surface area contributed by atoms with Gasteiger partial charge in [0.05, 0.1) is 17.3 Å². The van der Waals surface area contributed by atoms with Crippen LogP contribution in [0.15, 0.2) is 84.6 Å². The fourth-order valence-electron chi connectivity index (χ4n) is 4.63. The summed E-state index contributed by atoms with van der Waals surface area (Å²) in [6.45, 7) is 4.12. The van der Waals surface area contributed by atoms with E-state index in [-0.39, 0.29) is 17.9 Å². The predicted molar refractivity (Wildman–Crippen MR) is 130 cm³/mol. The molecule has 0 radical (unpaired) electrons. The van der Waals surface area contributed by atoms with Crippen molar-refractivity contribution in [2.75, 3.05) is 0 Å². The summed E-state index contributed by atoms with van der Waals surface area (Å²) in [6, 6.07) is 22.2. The molecule has 2 aromatic heterocycles. The highest BCUT2D eigenvalue weighted by atomic mass is 16.3. The molecule has 6 heteroatoms. The second-order valence-electron chi connectivity index (χ2n) is 8.48. The Morgan fingerprint density at radius 1 is 0.941 bits per heavy atom. The van der Waals surface area contributed by atoms with Crippen LogP contribution in [0.25, 0.3) is 11.4 Å². The summed E-state index contributed by atoms with van der Waals surface area (Å²) in [5.41, 5.74) is 4.58. The van der Waals surface area contributed by atoms with Crippen LogP contribution >= 0.6 is 0 Å². The first-order valence-electron chi connectivity index (χ1n) is 11.3. The molecule has 0 saturated carbocycles. The lowest BCUT2D eigenvalue weighted by Gasteiger charge is -2.25. The summed E-state index contributed by atoms with van der Waals surface area (Å²) in [6.07, 6.45) is 2.67. The molecule has 3 heterocycles. The van der Waals surface area contributed by atoms with E-state index in [1.807, 2.05) is 72.8 Å². The highest BCUT2D eigenvalue weighted by Crippen LogP contribution is 2.40. The molecule has 1 fully saturated rings. The summed E-state index contributed by atoms with van der Waals surface area (Å²) < 4.78 is 1.74. The number of hydrogen-bond acceptors (Lipinski definition) is 4. The van der Waals surface area contributed by atoms with E-state index in [1.54, 1.807) is 22.4 Å². The van der Waals surface area contributed by atoms with Crippen molar-refractivity contribution in [2.45, 2.75) is 32.9 Å². The average Bonchev–Trinajstić information content (AvgIpc) is 3.33. The molecule has 4 aromatic rings. The van der Waals surface area contributed by atoms with Crippen molar-refractivity contribution in [1.29, 1.82) is 0 Å². The van der Waals surface area contributed by atoms with Gasteiger partial charge in [-0.1, -0.05) is 67.6 Å². The molecular weight excluding hydrogens is 426 g/mol. The fraction of sp³-hybridized carbons (Fsp3) is 0.179. The van der Waals surface area contributed by atoms with Crippen LogP contribution in [-0.2, 0) is 22.6 Å². The number of carbonyl (C=O) groups excluding carboxylic acids is 2. The minimum Gasteiger partial charge on any atom is -0.505 e. The number of ketones is 1. The number of aryl methyl sites for hydroxylation is 2. The summed E-state index contributed by atoms with van der Waals surface area (Å²) in [4.78, 5) is 32.7. The first-order valence-corrected chi connectivity index (χ1v) is 11.3. The maximum Gasteiger partial charge on any atom is 0.295 e. The van der Waals surface area contributed by atoms with Crippen LogP contribution in [0.1, 0.15) is 41.0 Å². The number of imidazole rings is 1. The largest absolute Gasteiger partial charge is 0.505 e. The lowest BCUT2D eigenvalue weighted by atomic mass is 9.95. The van der Waals surface area contributed by atoms with E-state index in [1.165, 1.54) is 0 Å². The SMILES string of the molecule is CCc1ccc(C2C(=C(O)c3c(C)nc4ccccn34)C(=O)C(=O)N2Cc2ccccc2)cc1. The highest BCUT2D eigenvalue weighted by molar-refractivity contribution is 6.46. The fourth-order valence-corrected chi connectivity index (χ4v) is 4.63. The van der Waals surface area contributed by atoms with Gasteiger partial charge in [-0.25, -0.2) is 4.98 Å². The lowest BCUT2D eigenvalue weighted by Crippen LogP contribution is -2.29. The smallest absolute Gasteiger partial charge is 0.295 e. The van der Waals surface area contributed by atoms with Gasteiger partial charge in [-0.2, -0.15) is 0 Å². The molecule has 1 saturated heterocycles. The zero-order chi connectivity index (χ0) is 23.8. The number of benzene rings is 2. The van der Waals surface area contributed by atoms with E-state index < -0.39 is 17.7 Å². The van der Waals surface area contributed by atoms with Gasteiger partial charge in [-0.05, 0) is 42.2 Å². The molecule has 1 atom stereocenters. The Bertz CT molecular complexity index is 1420. The van der Waals surface area contributed by atoms with E-state index in [0.29, 0.717) is 17.0 Å². The van der Waals surface area contributed by atoms with Crippen molar-refractivity contribution >= 4 is 23.1 Å². The van der Waals surface area contributed by atoms with E-state index >= 15 is 0 Å². The number of rotatable bonds is 5. The number of hydrogen-bond donors (Lipinski definition) is 1. The average molecular weight is 452 g/mol. The maximum atomic E-state index is 13.4. The van der Waals surface area contributed by atoms with E-state index in [0.717, 1.165) is 23.1 Å². The van der Waals surface area contributed by atoms with Gasteiger partial charge in [0.15, 0.2) is 5.76 Å². The number of aromatic nitrogens is 2. The molecule has 6 nitrogen and oxygen atoms in total. The van der Waals surface area contributed by atoms with E-state index in [2.05, 4.69) is 11.9 Å². The molecule has 1 amide bonds. The van der Waals surface area contributed by atoms with Gasteiger partial charge in [0.25, 0.3) is 11.7 Å². The second-order valence-corrected chi connectivity index (χ2v) is 8.48. The summed E-state index contributed by atoms with van der Waals surface area (Å²) in [7, 11) is 0. The Morgan fingerprint density at radius 2 is 1.65 bits per heavy atom. The number of nitrogens with zero attached hydrogens (tertiary/aromatic N) is 3. The lowest BCUT2D eigenvalue weighted by molar-refractivity contribution is -0.140. The quantitative estimate of drug-likeness (QED) is 0.268. The number of aliphatic hydroxyl groups excluding tert-OH is 1. The molecule has 5 rings (SSSR count). The maximum absolute atomic E-state index is 13.4. The third-order valence-electron chi connectivity index (χ3n) is 6.37. The van der Waals surface area contributed by atoms with Gasteiger partial charge < -0.3 is 10.0 Å². The molecule has 2 aromatic carbocycles. The van der Waals surface area contributed by atoms with Crippen LogP contribution in [-0.4, -0.2) is 31.1 Å². The van der Waals surface area contributed by atoms with Crippen LogP contribution in [0, 0.1) is 6.92 Å². The van der Waals surface area contributed by atoms with Crippen molar-refractivity contribution in [1.82, 2.24) is 14.3 Å². The van der Waals surface area contributed by atoms with E-state index in [9.17, 15) is 14.7 Å². The minimum atomic E-state index is -0.709. The number of carbonyl (C=O) groups is 2.